The molecule has 0 atom stereocenters. The Kier molecular flexibility index (Phi) is 3.10. The van der Waals surface area contributed by atoms with Crippen LogP contribution in [0.4, 0.5) is 8.78 Å². The number of hydrogen-bond acceptors (Lipinski definition) is 2. The number of rotatable bonds is 2. The van der Waals surface area contributed by atoms with Crippen LogP contribution in [0.15, 0.2) is 34.0 Å². The van der Waals surface area contributed by atoms with E-state index in [0.29, 0.717) is 5.56 Å². The van der Waals surface area contributed by atoms with Crippen molar-refractivity contribution in [2.45, 2.75) is 13.5 Å². The Bertz CT molecular complexity index is 684. The lowest BCUT2D eigenvalue weighted by atomic mass is 10.2. The Hall–Kier alpha value is -2.24. The summed E-state index contributed by atoms with van der Waals surface area (Å²) in [6, 6.07) is 3.47. The molecule has 2 aromatic rings. The monoisotopic (exact) mass is 252 g/mol. The highest BCUT2D eigenvalue weighted by Gasteiger charge is 2.10. The average molecular weight is 252 g/mol. The van der Waals surface area contributed by atoms with Crippen LogP contribution in [-0.4, -0.2) is 9.55 Å². The topological polar surface area (TPSA) is 54.9 Å². The van der Waals surface area contributed by atoms with Gasteiger partial charge in [-0.15, -0.1) is 0 Å². The van der Waals surface area contributed by atoms with E-state index in [-0.39, 0.29) is 12.1 Å². The summed E-state index contributed by atoms with van der Waals surface area (Å²) in [6.45, 7) is 1.24. The van der Waals surface area contributed by atoms with Crippen molar-refractivity contribution in [2.24, 2.45) is 0 Å². The normalized spacial score (nSPS) is 10.6. The van der Waals surface area contributed by atoms with Gasteiger partial charge in [0.1, 0.15) is 11.6 Å². The predicted molar refractivity (Wildman–Crippen MR) is 61.5 cm³/mol. The first-order valence-corrected chi connectivity index (χ1v) is 5.22. The van der Waals surface area contributed by atoms with Crippen LogP contribution in [0.2, 0.25) is 0 Å². The van der Waals surface area contributed by atoms with Gasteiger partial charge in [-0.05, 0) is 19.1 Å². The quantitative estimate of drug-likeness (QED) is 0.872. The number of hydrogen-bond donors (Lipinski definition) is 1. The molecule has 4 nitrogen and oxygen atoms in total. The Balaban J connectivity index is 2.50. The number of halogens is 2. The van der Waals surface area contributed by atoms with E-state index in [1.165, 1.54) is 19.2 Å². The van der Waals surface area contributed by atoms with Crippen LogP contribution in [0.3, 0.4) is 0 Å². The maximum absolute atomic E-state index is 13.4. The number of H-pyrrole nitrogens is 1. The van der Waals surface area contributed by atoms with E-state index in [1.807, 2.05) is 0 Å². The first-order valence-electron chi connectivity index (χ1n) is 5.22. The molecule has 0 aliphatic heterocycles. The van der Waals surface area contributed by atoms with E-state index in [4.69, 9.17) is 0 Å². The van der Waals surface area contributed by atoms with Crippen LogP contribution < -0.4 is 11.2 Å². The zero-order chi connectivity index (χ0) is 13.3. The minimum atomic E-state index is -0.731. The van der Waals surface area contributed by atoms with Gasteiger partial charge in [-0.25, -0.2) is 13.6 Å². The molecule has 0 saturated heterocycles. The van der Waals surface area contributed by atoms with Gasteiger partial charge in [0, 0.05) is 17.3 Å². The van der Waals surface area contributed by atoms with E-state index >= 15 is 0 Å². The van der Waals surface area contributed by atoms with E-state index in [0.717, 1.165) is 16.7 Å². The standard InChI is InChI=1S/C12H10F2N2O2/c1-7-5-16(12(18)15-11(7)17)6-8-9(13)3-2-4-10(8)14/h2-5H,6H2,1H3,(H,15,17,18). The Morgan fingerprint density at radius 2 is 1.83 bits per heavy atom. The third kappa shape index (κ3) is 2.22. The molecule has 0 unspecified atom stereocenters. The molecule has 0 aliphatic rings. The molecule has 0 aliphatic carbocycles. The second kappa shape index (κ2) is 4.56. The first-order chi connectivity index (χ1) is 8.49. The number of nitrogens with one attached hydrogen (secondary N) is 1. The molecule has 1 aromatic carbocycles. The van der Waals surface area contributed by atoms with Gasteiger partial charge in [-0.2, -0.15) is 0 Å². The fourth-order valence-corrected chi connectivity index (χ4v) is 1.59. The maximum Gasteiger partial charge on any atom is 0.328 e. The van der Waals surface area contributed by atoms with Crippen molar-refractivity contribution in [1.29, 1.82) is 0 Å². The fourth-order valence-electron chi connectivity index (χ4n) is 1.59. The highest BCUT2D eigenvalue weighted by molar-refractivity contribution is 5.20. The van der Waals surface area contributed by atoms with E-state index in [9.17, 15) is 18.4 Å². The number of aromatic nitrogens is 2. The van der Waals surface area contributed by atoms with Crippen molar-refractivity contribution in [3.63, 3.8) is 0 Å². The molecule has 0 bridgehead atoms. The zero-order valence-electron chi connectivity index (χ0n) is 9.54. The van der Waals surface area contributed by atoms with Crippen LogP contribution in [-0.2, 0) is 6.54 Å². The molecule has 18 heavy (non-hydrogen) atoms. The van der Waals surface area contributed by atoms with Gasteiger partial charge in [0.05, 0.1) is 6.54 Å². The number of aryl methyl sites for hydroxylation is 1. The predicted octanol–water partition coefficient (Wildman–Crippen LogP) is 1.17. The van der Waals surface area contributed by atoms with Gasteiger partial charge < -0.3 is 0 Å². The third-order valence-electron chi connectivity index (χ3n) is 2.58. The molecule has 6 heteroatoms. The summed E-state index contributed by atoms with van der Waals surface area (Å²) >= 11 is 0. The summed E-state index contributed by atoms with van der Waals surface area (Å²) in [4.78, 5) is 24.7. The van der Waals surface area contributed by atoms with Gasteiger partial charge in [0.25, 0.3) is 5.56 Å². The lowest BCUT2D eigenvalue weighted by molar-refractivity contribution is 0.538. The maximum atomic E-state index is 13.4. The SMILES string of the molecule is Cc1cn(Cc2c(F)cccc2F)c(=O)[nH]c1=O. The van der Waals surface area contributed by atoms with Gasteiger partial charge >= 0.3 is 5.69 Å². The summed E-state index contributed by atoms with van der Waals surface area (Å²) in [5.74, 6) is -1.46. The van der Waals surface area contributed by atoms with E-state index in [2.05, 4.69) is 4.98 Å². The first kappa shape index (κ1) is 12.2. The molecule has 1 heterocycles. The second-order valence-corrected chi connectivity index (χ2v) is 3.90. The summed E-state index contributed by atoms with van der Waals surface area (Å²) in [5, 5.41) is 0. The van der Waals surface area contributed by atoms with Crippen molar-refractivity contribution in [1.82, 2.24) is 9.55 Å². The molecule has 0 spiro atoms. The van der Waals surface area contributed by atoms with Crippen molar-refractivity contribution in [2.75, 3.05) is 0 Å². The highest BCUT2D eigenvalue weighted by Crippen LogP contribution is 2.12. The number of benzene rings is 1. The summed E-state index contributed by atoms with van der Waals surface area (Å²) in [6.07, 6.45) is 1.27. The van der Waals surface area contributed by atoms with E-state index in [1.54, 1.807) is 0 Å². The zero-order valence-corrected chi connectivity index (χ0v) is 9.54. The molecule has 0 radical (unpaired) electrons. The van der Waals surface area contributed by atoms with Crippen LogP contribution in [0.5, 0.6) is 0 Å². The number of nitrogens with zero attached hydrogens (tertiary/aromatic N) is 1. The summed E-state index contributed by atoms with van der Waals surface area (Å²) in [5.41, 5.74) is -1.13. The van der Waals surface area contributed by atoms with Gasteiger partial charge in [-0.3, -0.25) is 14.3 Å². The van der Waals surface area contributed by atoms with E-state index < -0.39 is 22.9 Å². The Morgan fingerprint density at radius 1 is 1.22 bits per heavy atom. The number of aromatic amines is 1. The highest BCUT2D eigenvalue weighted by atomic mass is 19.1. The van der Waals surface area contributed by atoms with Crippen molar-refractivity contribution in [3.8, 4) is 0 Å². The summed E-state index contributed by atoms with van der Waals surface area (Å²) < 4.78 is 27.9. The van der Waals surface area contributed by atoms with Gasteiger partial charge in [0.2, 0.25) is 0 Å². The third-order valence-corrected chi connectivity index (χ3v) is 2.58. The average Bonchev–Trinajstić information content (AvgIpc) is 2.30. The molecule has 1 N–H and O–H groups in total. The molecular formula is C12H10F2N2O2. The second-order valence-electron chi connectivity index (χ2n) is 3.90. The van der Waals surface area contributed by atoms with Crippen LogP contribution in [0.1, 0.15) is 11.1 Å². The van der Waals surface area contributed by atoms with Crippen LogP contribution in [0, 0.1) is 18.6 Å². The van der Waals surface area contributed by atoms with Crippen LogP contribution >= 0.6 is 0 Å². The fraction of sp³-hybridized carbons (Fsp3) is 0.167. The molecule has 94 valence electrons. The smallest absolute Gasteiger partial charge is 0.296 e. The largest absolute Gasteiger partial charge is 0.328 e. The lowest BCUT2D eigenvalue weighted by Crippen LogP contribution is -2.31. The summed E-state index contributed by atoms with van der Waals surface area (Å²) in [7, 11) is 0. The van der Waals surface area contributed by atoms with Gasteiger partial charge in [0.15, 0.2) is 0 Å². The van der Waals surface area contributed by atoms with Crippen molar-refractivity contribution in [3.05, 3.63) is 68.0 Å². The van der Waals surface area contributed by atoms with Crippen molar-refractivity contribution < 1.29 is 8.78 Å². The molecule has 0 fully saturated rings. The lowest BCUT2D eigenvalue weighted by Gasteiger charge is -2.08. The molecule has 0 amide bonds. The van der Waals surface area contributed by atoms with Crippen molar-refractivity contribution >= 4 is 0 Å². The molecule has 1 aromatic heterocycles. The Morgan fingerprint density at radius 3 is 2.44 bits per heavy atom. The minimum absolute atomic E-state index is 0.217. The minimum Gasteiger partial charge on any atom is -0.296 e. The van der Waals surface area contributed by atoms with Crippen LogP contribution in [0.25, 0.3) is 0 Å². The van der Waals surface area contributed by atoms with Gasteiger partial charge in [-0.1, -0.05) is 6.07 Å². The Labute approximate surface area is 101 Å². The molecule has 2 rings (SSSR count). The molecule has 0 saturated carbocycles. The molecular weight excluding hydrogens is 242 g/mol.